The van der Waals surface area contributed by atoms with Crippen LogP contribution in [0.3, 0.4) is 0 Å². The summed E-state index contributed by atoms with van der Waals surface area (Å²) >= 11 is 0. The number of ether oxygens (including phenoxy) is 1. The van der Waals surface area contributed by atoms with Crippen molar-refractivity contribution in [2.24, 2.45) is 0 Å². The molecule has 4 heteroatoms. The Morgan fingerprint density at radius 1 is 1.56 bits per heavy atom. The van der Waals surface area contributed by atoms with Crippen LogP contribution in [0.15, 0.2) is 18.5 Å². The van der Waals surface area contributed by atoms with Crippen LogP contribution in [0.2, 0.25) is 0 Å². The smallest absolute Gasteiger partial charge is 0.0670 e. The Morgan fingerprint density at radius 2 is 2.44 bits per heavy atom. The number of hydrogen-bond donors (Lipinski definition) is 1. The fraction of sp³-hybridized carbons (Fsp3) is 0.583. The summed E-state index contributed by atoms with van der Waals surface area (Å²) in [4.78, 5) is 6.64. The Balaban J connectivity index is 2.20. The predicted molar refractivity (Wildman–Crippen MR) is 66.0 cm³/mol. The molecule has 4 nitrogen and oxygen atoms in total. The number of nitrogens with zero attached hydrogens (tertiary/aromatic N) is 2. The second-order valence-corrected chi connectivity index (χ2v) is 4.01. The van der Waals surface area contributed by atoms with Gasteiger partial charge in [-0.3, -0.25) is 4.98 Å². The van der Waals surface area contributed by atoms with Gasteiger partial charge in [0.2, 0.25) is 0 Å². The molecule has 1 aromatic rings. The van der Waals surface area contributed by atoms with E-state index in [0.717, 1.165) is 31.9 Å². The highest BCUT2D eigenvalue weighted by molar-refractivity contribution is 5.56. The summed E-state index contributed by atoms with van der Waals surface area (Å²) in [5.41, 5.74) is 2.24. The van der Waals surface area contributed by atoms with Gasteiger partial charge in [-0.2, -0.15) is 0 Å². The zero-order chi connectivity index (χ0) is 11.4. The Kier molecular flexibility index (Phi) is 3.62. The van der Waals surface area contributed by atoms with Gasteiger partial charge >= 0.3 is 0 Å². The van der Waals surface area contributed by atoms with Crippen molar-refractivity contribution in [1.82, 2.24) is 4.98 Å². The molecular formula is C12H19N3O. The molecule has 1 atom stereocenters. The van der Waals surface area contributed by atoms with Crippen LogP contribution in [0.25, 0.3) is 0 Å². The molecule has 2 rings (SSSR count). The molecule has 1 aromatic heterocycles. The lowest BCUT2D eigenvalue weighted by Crippen LogP contribution is -2.45. The molecule has 0 aliphatic carbocycles. The summed E-state index contributed by atoms with van der Waals surface area (Å²) in [6.45, 7) is 4.77. The number of hydrogen-bond acceptors (Lipinski definition) is 4. The average Bonchev–Trinajstić information content (AvgIpc) is 2.38. The lowest BCUT2D eigenvalue weighted by atomic mass is 10.1. The number of morpholine rings is 1. The van der Waals surface area contributed by atoms with Crippen molar-refractivity contribution in [3.63, 3.8) is 0 Å². The van der Waals surface area contributed by atoms with Crippen LogP contribution in [0, 0.1) is 0 Å². The molecule has 0 radical (unpaired) electrons. The monoisotopic (exact) mass is 221 g/mol. The number of aromatic nitrogens is 1. The summed E-state index contributed by atoms with van der Waals surface area (Å²) in [5.74, 6) is 0. The Morgan fingerprint density at radius 3 is 3.19 bits per heavy atom. The summed E-state index contributed by atoms with van der Waals surface area (Å²) in [7, 11) is 1.91. The maximum absolute atomic E-state index is 5.50. The van der Waals surface area contributed by atoms with E-state index in [4.69, 9.17) is 4.74 Å². The molecule has 16 heavy (non-hydrogen) atoms. The predicted octanol–water partition coefficient (Wildman–Crippen LogP) is 1.74. The molecule has 0 aromatic carbocycles. The molecule has 0 bridgehead atoms. The fourth-order valence-electron chi connectivity index (χ4n) is 2.05. The van der Waals surface area contributed by atoms with Crippen molar-refractivity contribution >= 4 is 11.4 Å². The first-order chi connectivity index (χ1) is 7.85. The molecule has 1 saturated heterocycles. The SMILES string of the molecule is CCC1COCCN1c1cncc(NC)c1. The van der Waals surface area contributed by atoms with Crippen molar-refractivity contribution in [3.05, 3.63) is 18.5 Å². The minimum absolute atomic E-state index is 0.475. The molecule has 0 saturated carbocycles. The molecule has 2 heterocycles. The quantitative estimate of drug-likeness (QED) is 0.843. The minimum Gasteiger partial charge on any atom is -0.387 e. The standard InChI is InChI=1S/C12H19N3O/c1-3-11-9-16-5-4-15(11)12-6-10(13-2)7-14-8-12/h6-8,11,13H,3-5,9H2,1-2H3. The summed E-state index contributed by atoms with van der Waals surface area (Å²) in [5, 5.41) is 3.12. The van der Waals surface area contributed by atoms with Crippen LogP contribution < -0.4 is 10.2 Å². The maximum atomic E-state index is 5.50. The van der Waals surface area contributed by atoms with Gasteiger partial charge in [-0.15, -0.1) is 0 Å². The summed E-state index contributed by atoms with van der Waals surface area (Å²) < 4.78 is 5.50. The molecule has 0 spiro atoms. The second kappa shape index (κ2) is 5.16. The van der Waals surface area contributed by atoms with Crippen LogP contribution >= 0.6 is 0 Å². The van der Waals surface area contributed by atoms with Crippen molar-refractivity contribution in [2.75, 3.05) is 37.0 Å². The fourth-order valence-corrected chi connectivity index (χ4v) is 2.05. The highest BCUT2D eigenvalue weighted by Gasteiger charge is 2.21. The largest absolute Gasteiger partial charge is 0.387 e. The van der Waals surface area contributed by atoms with Gasteiger partial charge in [-0.1, -0.05) is 6.92 Å². The first-order valence-corrected chi connectivity index (χ1v) is 5.82. The number of rotatable bonds is 3. The first-order valence-electron chi connectivity index (χ1n) is 5.82. The van der Waals surface area contributed by atoms with E-state index < -0.39 is 0 Å². The molecule has 1 aliphatic rings. The van der Waals surface area contributed by atoms with Crippen LogP contribution in [0.5, 0.6) is 0 Å². The van der Waals surface area contributed by atoms with E-state index in [1.807, 2.05) is 19.4 Å². The van der Waals surface area contributed by atoms with Crippen molar-refractivity contribution in [3.8, 4) is 0 Å². The average molecular weight is 221 g/mol. The lowest BCUT2D eigenvalue weighted by molar-refractivity contribution is 0.0930. The zero-order valence-electron chi connectivity index (χ0n) is 9.94. The number of nitrogens with one attached hydrogen (secondary N) is 1. The van der Waals surface area contributed by atoms with Gasteiger partial charge in [0.05, 0.1) is 43.0 Å². The zero-order valence-corrected chi connectivity index (χ0v) is 9.94. The van der Waals surface area contributed by atoms with Gasteiger partial charge in [0.1, 0.15) is 0 Å². The van der Waals surface area contributed by atoms with Crippen LogP contribution in [0.4, 0.5) is 11.4 Å². The van der Waals surface area contributed by atoms with Gasteiger partial charge in [0.25, 0.3) is 0 Å². The van der Waals surface area contributed by atoms with Gasteiger partial charge < -0.3 is 15.0 Å². The van der Waals surface area contributed by atoms with E-state index in [9.17, 15) is 0 Å². The summed E-state index contributed by atoms with van der Waals surface area (Å²) in [6, 6.07) is 2.61. The van der Waals surface area contributed by atoms with Crippen molar-refractivity contribution in [1.29, 1.82) is 0 Å². The third kappa shape index (κ3) is 2.27. The molecule has 1 fully saturated rings. The third-order valence-electron chi connectivity index (χ3n) is 3.04. The van der Waals surface area contributed by atoms with E-state index in [0.29, 0.717) is 6.04 Å². The molecule has 0 amide bonds. The topological polar surface area (TPSA) is 37.4 Å². The number of anilines is 2. The van der Waals surface area contributed by atoms with Crippen molar-refractivity contribution < 1.29 is 4.74 Å². The van der Waals surface area contributed by atoms with E-state index in [-0.39, 0.29) is 0 Å². The van der Waals surface area contributed by atoms with Crippen LogP contribution in [0.1, 0.15) is 13.3 Å². The summed E-state index contributed by atoms with van der Waals surface area (Å²) in [6.07, 6.45) is 4.86. The second-order valence-electron chi connectivity index (χ2n) is 4.01. The van der Waals surface area contributed by atoms with Crippen molar-refractivity contribution in [2.45, 2.75) is 19.4 Å². The van der Waals surface area contributed by atoms with Crippen LogP contribution in [-0.4, -0.2) is 37.8 Å². The normalized spacial score (nSPS) is 20.9. The van der Waals surface area contributed by atoms with E-state index in [1.54, 1.807) is 0 Å². The van der Waals surface area contributed by atoms with E-state index in [2.05, 4.69) is 28.2 Å². The maximum Gasteiger partial charge on any atom is 0.0670 e. The molecular weight excluding hydrogens is 202 g/mol. The Bertz CT molecular complexity index is 343. The van der Waals surface area contributed by atoms with E-state index >= 15 is 0 Å². The minimum atomic E-state index is 0.475. The Labute approximate surface area is 96.6 Å². The van der Waals surface area contributed by atoms with Gasteiger partial charge in [-0.25, -0.2) is 0 Å². The number of pyridine rings is 1. The molecule has 1 aliphatic heterocycles. The van der Waals surface area contributed by atoms with Gasteiger partial charge in [-0.05, 0) is 12.5 Å². The molecule has 1 unspecified atom stereocenters. The lowest BCUT2D eigenvalue weighted by Gasteiger charge is -2.36. The van der Waals surface area contributed by atoms with Crippen LogP contribution in [-0.2, 0) is 4.74 Å². The van der Waals surface area contributed by atoms with Gasteiger partial charge in [0.15, 0.2) is 0 Å². The highest BCUT2D eigenvalue weighted by Crippen LogP contribution is 2.22. The molecule has 1 N–H and O–H groups in total. The Hall–Kier alpha value is -1.29. The highest BCUT2D eigenvalue weighted by atomic mass is 16.5. The van der Waals surface area contributed by atoms with E-state index in [1.165, 1.54) is 5.69 Å². The first kappa shape index (κ1) is 11.2. The third-order valence-corrected chi connectivity index (χ3v) is 3.04. The molecule has 88 valence electrons. The van der Waals surface area contributed by atoms with Gasteiger partial charge in [0, 0.05) is 13.6 Å².